The molecule has 1 N–H and O–H groups in total. The molecule has 160 valence electrons. The van der Waals surface area contributed by atoms with Crippen LogP contribution in [-0.2, 0) is 14.8 Å². The summed E-state index contributed by atoms with van der Waals surface area (Å²) < 4.78 is 40.0. The van der Waals surface area contributed by atoms with E-state index in [1.807, 2.05) is 0 Å². The summed E-state index contributed by atoms with van der Waals surface area (Å²) in [7, 11) is -0.478. The van der Waals surface area contributed by atoms with E-state index >= 15 is 0 Å². The lowest BCUT2D eigenvalue weighted by molar-refractivity contribution is -0.120. The van der Waals surface area contributed by atoms with Gasteiger partial charge in [-0.05, 0) is 61.4 Å². The number of carbonyl (C=O) groups excluding carboxylic acids is 2. The number of rotatable bonds is 5. The van der Waals surface area contributed by atoms with Gasteiger partial charge in [-0.1, -0.05) is 0 Å². The molecule has 7 nitrogen and oxygen atoms in total. The van der Waals surface area contributed by atoms with Crippen molar-refractivity contribution in [2.75, 3.05) is 32.5 Å². The maximum absolute atomic E-state index is 13.1. The Bertz CT molecular complexity index is 1020. The fourth-order valence-corrected chi connectivity index (χ4v) is 4.85. The first kappa shape index (κ1) is 21.9. The molecule has 1 atom stereocenters. The molecular weight excluding hydrogens is 409 g/mol. The zero-order valence-corrected chi connectivity index (χ0v) is 17.7. The molecule has 0 radical (unpaired) electrons. The summed E-state index contributed by atoms with van der Waals surface area (Å²) in [6.07, 6.45) is 1.12. The minimum Gasteiger partial charge on any atom is -0.345 e. The van der Waals surface area contributed by atoms with Gasteiger partial charge in [-0.2, -0.15) is 4.31 Å². The fourth-order valence-electron chi connectivity index (χ4n) is 3.33. The van der Waals surface area contributed by atoms with Gasteiger partial charge in [-0.25, -0.2) is 12.8 Å². The summed E-state index contributed by atoms with van der Waals surface area (Å²) >= 11 is 0. The highest BCUT2D eigenvalue weighted by Gasteiger charge is 2.33. The lowest BCUT2D eigenvalue weighted by Crippen LogP contribution is -2.43. The van der Waals surface area contributed by atoms with E-state index in [0.717, 1.165) is 12.1 Å². The smallest absolute Gasteiger partial charge is 0.253 e. The zero-order valence-electron chi connectivity index (χ0n) is 16.8. The number of halogens is 1. The average molecular weight is 434 g/mol. The molecule has 0 bridgehead atoms. The van der Waals surface area contributed by atoms with E-state index in [0.29, 0.717) is 30.6 Å². The first-order valence-corrected chi connectivity index (χ1v) is 11.0. The van der Waals surface area contributed by atoms with Crippen molar-refractivity contribution in [3.63, 3.8) is 0 Å². The molecule has 3 rings (SSSR count). The Morgan fingerprint density at radius 1 is 1.07 bits per heavy atom. The molecule has 1 heterocycles. The second-order valence-corrected chi connectivity index (χ2v) is 9.36. The van der Waals surface area contributed by atoms with Gasteiger partial charge in [-0.3, -0.25) is 9.59 Å². The van der Waals surface area contributed by atoms with E-state index in [1.54, 1.807) is 38.4 Å². The lowest BCUT2D eigenvalue weighted by Gasteiger charge is -2.31. The highest BCUT2D eigenvalue weighted by molar-refractivity contribution is 7.89. The molecule has 0 unspecified atom stereocenters. The number of carbonyl (C=O) groups is 2. The Morgan fingerprint density at radius 3 is 2.30 bits per heavy atom. The molecule has 9 heteroatoms. The van der Waals surface area contributed by atoms with Crippen molar-refractivity contribution in [2.45, 2.75) is 17.7 Å². The normalized spacial score (nSPS) is 17.4. The van der Waals surface area contributed by atoms with Gasteiger partial charge in [-0.15, -0.1) is 0 Å². The van der Waals surface area contributed by atoms with Gasteiger partial charge in [0.15, 0.2) is 0 Å². The third-order valence-electron chi connectivity index (χ3n) is 5.01. The van der Waals surface area contributed by atoms with Gasteiger partial charge in [0.2, 0.25) is 15.9 Å². The van der Waals surface area contributed by atoms with Crippen LogP contribution in [0.15, 0.2) is 53.4 Å². The number of hydrogen-bond acceptors (Lipinski definition) is 4. The van der Waals surface area contributed by atoms with Crippen LogP contribution in [0.3, 0.4) is 0 Å². The molecule has 2 amide bonds. The molecular formula is C21H24FN3O4S. The molecule has 1 fully saturated rings. The van der Waals surface area contributed by atoms with Gasteiger partial charge in [0, 0.05) is 38.4 Å². The van der Waals surface area contributed by atoms with Gasteiger partial charge in [0.1, 0.15) is 5.82 Å². The first-order chi connectivity index (χ1) is 14.2. The molecule has 2 aromatic rings. The Morgan fingerprint density at radius 2 is 1.70 bits per heavy atom. The van der Waals surface area contributed by atoms with Gasteiger partial charge in [0.25, 0.3) is 5.91 Å². The second-order valence-electron chi connectivity index (χ2n) is 7.42. The van der Waals surface area contributed by atoms with Crippen molar-refractivity contribution in [1.82, 2.24) is 9.21 Å². The largest absolute Gasteiger partial charge is 0.345 e. The molecule has 2 aromatic carbocycles. The number of sulfonamides is 1. The van der Waals surface area contributed by atoms with Crippen LogP contribution in [0.1, 0.15) is 23.2 Å². The molecule has 0 aliphatic carbocycles. The summed E-state index contributed by atoms with van der Waals surface area (Å²) in [5.41, 5.74) is 1.04. The Labute approximate surface area is 175 Å². The van der Waals surface area contributed by atoms with Crippen molar-refractivity contribution >= 4 is 27.5 Å². The molecule has 0 aromatic heterocycles. The molecule has 1 aliphatic rings. The summed E-state index contributed by atoms with van der Waals surface area (Å²) in [4.78, 5) is 26.1. The number of hydrogen-bond donors (Lipinski definition) is 1. The fraction of sp³-hybridized carbons (Fsp3) is 0.333. The molecule has 1 aliphatic heterocycles. The van der Waals surface area contributed by atoms with Crippen molar-refractivity contribution in [1.29, 1.82) is 0 Å². The van der Waals surface area contributed by atoms with Crippen LogP contribution in [0.4, 0.5) is 10.1 Å². The van der Waals surface area contributed by atoms with Crippen LogP contribution in [0.5, 0.6) is 0 Å². The summed E-state index contributed by atoms with van der Waals surface area (Å²) in [6, 6.07) is 11.2. The number of benzene rings is 2. The topological polar surface area (TPSA) is 86.8 Å². The summed E-state index contributed by atoms with van der Waals surface area (Å²) in [6.45, 7) is 0.369. The van der Waals surface area contributed by atoms with E-state index in [4.69, 9.17) is 0 Å². The van der Waals surface area contributed by atoms with E-state index in [-0.39, 0.29) is 23.3 Å². The summed E-state index contributed by atoms with van der Waals surface area (Å²) in [5, 5.41) is 2.79. The standard InChI is InChI=1S/C21H24FN3O4S/c1-24(2)21(27)15-5-9-18(10-6-15)23-20(26)16-4-3-13-25(14-16)30(28,29)19-11-7-17(22)8-12-19/h5-12,16H,3-4,13-14H2,1-2H3,(H,23,26)/t16-/m0/s1. The van der Waals surface area contributed by atoms with E-state index in [1.165, 1.54) is 21.3 Å². The lowest BCUT2D eigenvalue weighted by atomic mass is 9.98. The summed E-state index contributed by atoms with van der Waals surface area (Å²) in [5.74, 6) is -1.43. The van der Waals surface area contributed by atoms with Crippen LogP contribution in [-0.4, -0.2) is 56.6 Å². The van der Waals surface area contributed by atoms with Gasteiger partial charge < -0.3 is 10.2 Å². The molecule has 0 saturated carbocycles. The number of nitrogens with one attached hydrogen (secondary N) is 1. The highest BCUT2D eigenvalue weighted by atomic mass is 32.2. The van der Waals surface area contributed by atoms with Crippen molar-refractivity contribution in [2.24, 2.45) is 5.92 Å². The Hall–Kier alpha value is -2.78. The van der Waals surface area contributed by atoms with Crippen molar-refractivity contribution in [3.05, 3.63) is 59.9 Å². The van der Waals surface area contributed by atoms with Crippen LogP contribution in [0.25, 0.3) is 0 Å². The predicted molar refractivity (Wildman–Crippen MR) is 111 cm³/mol. The minimum absolute atomic E-state index is 0.00565. The highest BCUT2D eigenvalue weighted by Crippen LogP contribution is 2.25. The van der Waals surface area contributed by atoms with Gasteiger partial charge in [0.05, 0.1) is 10.8 Å². The zero-order chi connectivity index (χ0) is 21.9. The SMILES string of the molecule is CN(C)C(=O)c1ccc(NC(=O)[C@H]2CCCN(S(=O)(=O)c3ccc(F)cc3)C2)cc1. The van der Waals surface area contributed by atoms with Crippen LogP contribution in [0.2, 0.25) is 0 Å². The monoisotopic (exact) mass is 433 g/mol. The quantitative estimate of drug-likeness (QED) is 0.785. The predicted octanol–water partition coefficient (Wildman–Crippen LogP) is 2.57. The van der Waals surface area contributed by atoms with E-state index in [9.17, 15) is 22.4 Å². The number of anilines is 1. The third-order valence-corrected chi connectivity index (χ3v) is 6.89. The molecule has 1 saturated heterocycles. The third kappa shape index (κ3) is 4.85. The maximum Gasteiger partial charge on any atom is 0.253 e. The first-order valence-electron chi connectivity index (χ1n) is 9.57. The van der Waals surface area contributed by atoms with Gasteiger partial charge >= 0.3 is 0 Å². The van der Waals surface area contributed by atoms with Crippen LogP contribution >= 0.6 is 0 Å². The number of piperidine rings is 1. The van der Waals surface area contributed by atoms with Crippen molar-refractivity contribution in [3.8, 4) is 0 Å². The molecule has 30 heavy (non-hydrogen) atoms. The minimum atomic E-state index is -3.80. The Kier molecular flexibility index (Phi) is 6.52. The average Bonchev–Trinajstić information content (AvgIpc) is 2.74. The maximum atomic E-state index is 13.1. The van der Waals surface area contributed by atoms with Crippen molar-refractivity contribution < 1.29 is 22.4 Å². The van der Waals surface area contributed by atoms with E-state index in [2.05, 4.69) is 5.32 Å². The number of nitrogens with zero attached hydrogens (tertiary/aromatic N) is 2. The van der Waals surface area contributed by atoms with E-state index < -0.39 is 21.8 Å². The Balaban J connectivity index is 1.67. The number of amides is 2. The van der Waals surface area contributed by atoms with Crippen LogP contribution in [0, 0.1) is 11.7 Å². The second kappa shape index (κ2) is 8.93. The molecule has 0 spiro atoms. The van der Waals surface area contributed by atoms with Crippen LogP contribution < -0.4 is 5.32 Å².